The molecule has 0 fully saturated rings. The molecule has 2 radical (unpaired) electrons. The molecule has 0 bridgehead atoms. The van der Waals surface area contributed by atoms with Crippen LogP contribution in [-0.2, 0) is 0 Å². The van der Waals surface area contributed by atoms with Crippen molar-refractivity contribution < 1.29 is 0 Å². The van der Waals surface area contributed by atoms with Gasteiger partial charge in [-0.2, -0.15) is 0 Å². The Kier molecular flexibility index (Phi) is 4.89. The molecule has 0 N–H and O–H groups in total. The zero-order chi connectivity index (χ0) is 12.7. The minimum atomic E-state index is -1.05. The summed E-state index contributed by atoms with van der Waals surface area (Å²) in [7, 11) is -2.45. The fourth-order valence-corrected chi connectivity index (χ4v) is 41.6. The van der Waals surface area contributed by atoms with Gasteiger partial charge in [0.15, 0.2) is 0 Å². The van der Waals surface area contributed by atoms with Crippen LogP contribution >= 0.6 is 0 Å². The van der Waals surface area contributed by atoms with E-state index in [1.165, 1.54) is 0 Å². The Morgan fingerprint density at radius 3 is 0.800 bits per heavy atom. The normalized spacial score (nSPS) is 15.2. The molecule has 0 spiro atoms. The smallest absolute Gasteiger partial charge is 0.0421 e. The van der Waals surface area contributed by atoms with Crippen LogP contribution in [0.4, 0.5) is 0 Å². The summed E-state index contributed by atoms with van der Waals surface area (Å²) in [4.78, 5) is 0. The standard InChI is InChI=1S/C11H30Si4/c1-12(2)11(13(3)4,14(5,6)7)15(8,9)10/h1-10H3. The van der Waals surface area contributed by atoms with Crippen LogP contribution in [0.25, 0.3) is 0 Å². The van der Waals surface area contributed by atoms with Crippen LogP contribution < -0.4 is 0 Å². The first kappa shape index (κ1) is 15.9. The van der Waals surface area contributed by atoms with Crippen molar-refractivity contribution in [3.8, 4) is 0 Å². The van der Waals surface area contributed by atoms with Crippen molar-refractivity contribution in [2.24, 2.45) is 0 Å². The molecule has 0 aromatic rings. The quantitative estimate of drug-likeness (QED) is 0.661. The van der Waals surface area contributed by atoms with Crippen LogP contribution in [0.3, 0.4) is 0 Å². The lowest BCUT2D eigenvalue weighted by Crippen LogP contribution is -2.66. The molecule has 0 rings (SSSR count). The number of hydrogen-bond acceptors (Lipinski definition) is 0. The monoisotopic (exact) mass is 274 g/mol. The Morgan fingerprint density at radius 1 is 0.600 bits per heavy atom. The zero-order valence-electron chi connectivity index (χ0n) is 12.5. The van der Waals surface area contributed by atoms with E-state index in [2.05, 4.69) is 65.5 Å². The first-order chi connectivity index (χ1) is 6.39. The first-order valence-electron chi connectivity index (χ1n) is 6.00. The molecule has 0 saturated carbocycles. The summed E-state index contributed by atoms with van der Waals surface area (Å²) in [5.41, 5.74) is 0. The van der Waals surface area contributed by atoms with Gasteiger partial charge in [-0.3, -0.25) is 0 Å². The van der Waals surface area contributed by atoms with Crippen LogP contribution in [-0.4, -0.2) is 33.7 Å². The molecule has 0 amide bonds. The summed E-state index contributed by atoms with van der Waals surface area (Å²) < 4.78 is 0.856. The Morgan fingerprint density at radius 2 is 0.800 bits per heavy atom. The third-order valence-corrected chi connectivity index (χ3v) is 33.8. The van der Waals surface area contributed by atoms with Crippen molar-refractivity contribution >= 4 is 33.7 Å². The Bertz CT molecular complexity index is 184. The summed E-state index contributed by atoms with van der Waals surface area (Å²) >= 11 is 0. The van der Waals surface area contributed by atoms with Crippen LogP contribution in [0.15, 0.2) is 0 Å². The molecule has 0 aliphatic heterocycles. The molecular formula is C11H30Si4. The summed E-state index contributed by atoms with van der Waals surface area (Å²) in [5.74, 6) is 0. The van der Waals surface area contributed by atoms with E-state index in [4.69, 9.17) is 0 Å². The molecule has 0 aromatic heterocycles. The van der Waals surface area contributed by atoms with Crippen LogP contribution in [0.2, 0.25) is 69.4 Å². The summed E-state index contributed by atoms with van der Waals surface area (Å²) in [6.07, 6.45) is 0. The predicted molar refractivity (Wildman–Crippen MR) is 84.3 cm³/mol. The van der Waals surface area contributed by atoms with E-state index in [0.29, 0.717) is 0 Å². The molecule has 0 aromatic carbocycles. The van der Waals surface area contributed by atoms with Crippen LogP contribution in [0.1, 0.15) is 0 Å². The van der Waals surface area contributed by atoms with Crippen molar-refractivity contribution in [2.75, 3.05) is 0 Å². The molecule has 0 heterocycles. The van der Waals surface area contributed by atoms with Gasteiger partial charge in [0.1, 0.15) is 0 Å². The molecule has 0 saturated heterocycles. The van der Waals surface area contributed by atoms with E-state index in [1.54, 1.807) is 0 Å². The van der Waals surface area contributed by atoms with Crippen molar-refractivity contribution in [2.45, 2.75) is 69.4 Å². The molecule has 0 atom stereocenters. The largest absolute Gasteiger partial charge is 0.0715 e. The highest BCUT2D eigenvalue weighted by Gasteiger charge is 2.56. The van der Waals surface area contributed by atoms with Crippen molar-refractivity contribution in [1.82, 2.24) is 0 Å². The zero-order valence-corrected chi connectivity index (χ0v) is 16.5. The van der Waals surface area contributed by atoms with E-state index in [0.717, 1.165) is 3.91 Å². The van der Waals surface area contributed by atoms with E-state index in [1.807, 2.05) is 0 Å². The molecule has 0 aliphatic carbocycles. The van der Waals surface area contributed by atoms with Gasteiger partial charge in [-0.05, 0) is 0 Å². The molecule has 15 heavy (non-hydrogen) atoms. The van der Waals surface area contributed by atoms with Gasteiger partial charge >= 0.3 is 0 Å². The molecular weight excluding hydrogens is 244 g/mol. The fraction of sp³-hybridized carbons (Fsp3) is 1.00. The highest BCUT2D eigenvalue weighted by molar-refractivity contribution is 7.21. The lowest BCUT2D eigenvalue weighted by Gasteiger charge is -2.57. The van der Waals surface area contributed by atoms with Crippen LogP contribution in [0, 0.1) is 0 Å². The minimum Gasteiger partial charge on any atom is -0.0715 e. The topological polar surface area (TPSA) is 0 Å². The van der Waals surface area contributed by atoms with Gasteiger partial charge in [0.25, 0.3) is 0 Å². The van der Waals surface area contributed by atoms with Gasteiger partial charge in [0, 0.05) is 33.7 Å². The summed E-state index contributed by atoms with van der Waals surface area (Å²) in [6, 6.07) is 0. The molecule has 0 nitrogen and oxygen atoms in total. The summed E-state index contributed by atoms with van der Waals surface area (Å²) in [5, 5.41) is 0. The maximum atomic E-state index is 2.63. The SMILES string of the molecule is C[Si](C)C([Si](C)C)([Si](C)(C)C)[Si](C)(C)C. The average molecular weight is 275 g/mol. The van der Waals surface area contributed by atoms with Gasteiger partial charge in [-0.25, -0.2) is 0 Å². The number of hydrogen-bond donors (Lipinski definition) is 0. The van der Waals surface area contributed by atoms with E-state index in [-0.39, 0.29) is 17.6 Å². The van der Waals surface area contributed by atoms with E-state index >= 15 is 0 Å². The molecule has 4 heteroatoms. The fourth-order valence-electron chi connectivity index (χ4n) is 4.62. The highest BCUT2D eigenvalue weighted by atomic mass is 28.5. The van der Waals surface area contributed by atoms with Gasteiger partial charge in [-0.15, -0.1) is 0 Å². The van der Waals surface area contributed by atoms with Crippen LogP contribution in [0.5, 0.6) is 0 Å². The highest BCUT2D eigenvalue weighted by Crippen LogP contribution is 2.50. The second kappa shape index (κ2) is 4.62. The third kappa shape index (κ3) is 2.58. The number of rotatable bonds is 4. The van der Waals surface area contributed by atoms with Crippen molar-refractivity contribution in [1.29, 1.82) is 0 Å². The average Bonchev–Trinajstić information content (AvgIpc) is 1.75. The Labute approximate surface area is 103 Å². The van der Waals surface area contributed by atoms with Gasteiger partial charge in [0.2, 0.25) is 0 Å². The van der Waals surface area contributed by atoms with Gasteiger partial charge < -0.3 is 0 Å². The lowest BCUT2D eigenvalue weighted by atomic mass is 11.6. The van der Waals surface area contributed by atoms with Crippen molar-refractivity contribution in [3.63, 3.8) is 0 Å². The Hall–Kier alpha value is 0.868. The second-order valence-electron chi connectivity index (χ2n) is 7.25. The molecule has 0 aliphatic rings. The third-order valence-electron chi connectivity index (χ3n) is 3.75. The molecule has 90 valence electrons. The maximum absolute atomic E-state index is 2.63. The van der Waals surface area contributed by atoms with Gasteiger partial charge in [-0.1, -0.05) is 69.4 Å². The molecule has 0 unspecified atom stereocenters. The maximum Gasteiger partial charge on any atom is 0.0421 e. The Balaban J connectivity index is 5.73. The lowest BCUT2D eigenvalue weighted by molar-refractivity contribution is 1.24. The summed E-state index contributed by atoms with van der Waals surface area (Å²) in [6.45, 7) is 26.1. The van der Waals surface area contributed by atoms with Crippen molar-refractivity contribution in [3.05, 3.63) is 0 Å². The first-order valence-corrected chi connectivity index (χ1v) is 18.0. The predicted octanol–water partition coefficient (Wildman–Crippen LogP) is 4.53. The van der Waals surface area contributed by atoms with Gasteiger partial charge in [0.05, 0.1) is 0 Å². The van der Waals surface area contributed by atoms with E-state index in [9.17, 15) is 0 Å². The minimum absolute atomic E-state index is 0.178. The second-order valence-corrected chi connectivity index (χ2v) is 26.2. The van der Waals surface area contributed by atoms with E-state index < -0.39 is 16.1 Å².